The van der Waals surface area contributed by atoms with Crippen molar-refractivity contribution in [2.75, 3.05) is 7.11 Å². The van der Waals surface area contributed by atoms with E-state index in [0.717, 1.165) is 5.56 Å². The number of methoxy groups -OCH3 is 1. The van der Waals surface area contributed by atoms with Gasteiger partial charge in [-0.1, -0.05) is 29.8 Å². The van der Waals surface area contributed by atoms with E-state index in [4.69, 9.17) is 16.3 Å². The van der Waals surface area contributed by atoms with Gasteiger partial charge in [0.2, 0.25) is 0 Å². The summed E-state index contributed by atoms with van der Waals surface area (Å²) in [6.07, 6.45) is 0. The van der Waals surface area contributed by atoms with Gasteiger partial charge in [0.25, 0.3) is 0 Å². The average Bonchev–Trinajstić information content (AvgIpc) is 2.46. The third-order valence-electron chi connectivity index (χ3n) is 3.51. The molecule has 2 atom stereocenters. The summed E-state index contributed by atoms with van der Waals surface area (Å²) >= 11 is 6.01. The lowest BCUT2D eigenvalue weighted by Gasteiger charge is -2.23. The van der Waals surface area contributed by atoms with Crippen molar-refractivity contribution >= 4 is 11.6 Å². The van der Waals surface area contributed by atoms with Crippen LogP contribution in [0.3, 0.4) is 0 Å². The van der Waals surface area contributed by atoms with Gasteiger partial charge in [0.15, 0.2) is 0 Å². The van der Waals surface area contributed by atoms with Crippen molar-refractivity contribution in [2.24, 2.45) is 0 Å². The lowest BCUT2D eigenvalue weighted by Crippen LogP contribution is -2.23. The second kappa shape index (κ2) is 6.92. The largest absolute Gasteiger partial charge is 0.496 e. The smallest absolute Gasteiger partial charge is 0.131 e. The Hall–Kier alpha value is -1.58. The van der Waals surface area contributed by atoms with Gasteiger partial charge < -0.3 is 10.1 Å². The summed E-state index contributed by atoms with van der Waals surface area (Å²) in [7, 11) is 1.55. The Morgan fingerprint density at radius 1 is 1.10 bits per heavy atom. The fourth-order valence-corrected chi connectivity index (χ4v) is 2.64. The summed E-state index contributed by atoms with van der Waals surface area (Å²) in [6, 6.07) is 12.4. The van der Waals surface area contributed by atoms with Crippen molar-refractivity contribution in [3.63, 3.8) is 0 Å². The summed E-state index contributed by atoms with van der Waals surface area (Å²) in [5.41, 5.74) is 1.60. The number of rotatable bonds is 5. The second-order valence-electron chi connectivity index (χ2n) is 5.02. The first-order valence-electron chi connectivity index (χ1n) is 6.87. The van der Waals surface area contributed by atoms with Crippen LogP contribution in [0.1, 0.15) is 37.1 Å². The van der Waals surface area contributed by atoms with Crippen LogP contribution in [-0.4, -0.2) is 7.11 Å². The molecule has 2 aromatic carbocycles. The van der Waals surface area contributed by atoms with E-state index in [-0.39, 0.29) is 17.9 Å². The van der Waals surface area contributed by atoms with Crippen LogP contribution in [0.4, 0.5) is 4.39 Å². The van der Waals surface area contributed by atoms with E-state index in [1.54, 1.807) is 19.2 Å². The zero-order valence-corrected chi connectivity index (χ0v) is 13.1. The van der Waals surface area contributed by atoms with E-state index in [0.29, 0.717) is 16.3 Å². The zero-order chi connectivity index (χ0) is 15.4. The van der Waals surface area contributed by atoms with Crippen molar-refractivity contribution in [1.82, 2.24) is 5.32 Å². The highest BCUT2D eigenvalue weighted by Gasteiger charge is 2.18. The van der Waals surface area contributed by atoms with Crippen LogP contribution in [0, 0.1) is 5.82 Å². The van der Waals surface area contributed by atoms with E-state index in [1.807, 2.05) is 38.1 Å². The van der Waals surface area contributed by atoms with Gasteiger partial charge >= 0.3 is 0 Å². The van der Waals surface area contributed by atoms with Crippen molar-refractivity contribution < 1.29 is 9.13 Å². The lowest BCUT2D eigenvalue weighted by molar-refractivity contribution is 0.387. The third-order valence-corrected chi connectivity index (χ3v) is 3.75. The molecule has 0 aliphatic heterocycles. The molecule has 0 aliphatic rings. The van der Waals surface area contributed by atoms with E-state index in [9.17, 15) is 4.39 Å². The molecule has 0 heterocycles. The fraction of sp³-hybridized carbons (Fsp3) is 0.294. The van der Waals surface area contributed by atoms with Crippen molar-refractivity contribution in [3.8, 4) is 5.75 Å². The molecule has 0 amide bonds. The molecule has 0 bridgehead atoms. The summed E-state index contributed by atoms with van der Waals surface area (Å²) in [4.78, 5) is 0. The maximum atomic E-state index is 14.1. The van der Waals surface area contributed by atoms with Crippen molar-refractivity contribution in [3.05, 3.63) is 64.4 Å². The van der Waals surface area contributed by atoms with Crippen LogP contribution in [0.2, 0.25) is 5.02 Å². The van der Waals surface area contributed by atoms with Gasteiger partial charge in [0.05, 0.1) is 7.11 Å². The van der Waals surface area contributed by atoms with E-state index in [2.05, 4.69) is 5.32 Å². The molecule has 1 N–H and O–H groups in total. The minimum absolute atomic E-state index is 0.0445. The van der Waals surface area contributed by atoms with Crippen LogP contribution in [0.5, 0.6) is 5.75 Å². The number of ether oxygens (including phenoxy) is 1. The Morgan fingerprint density at radius 3 is 2.48 bits per heavy atom. The topological polar surface area (TPSA) is 21.3 Å². The highest BCUT2D eigenvalue weighted by atomic mass is 35.5. The maximum absolute atomic E-state index is 14.1. The number of hydrogen-bond acceptors (Lipinski definition) is 2. The summed E-state index contributed by atoms with van der Waals surface area (Å²) < 4.78 is 19.3. The van der Waals surface area contributed by atoms with Crippen LogP contribution in [0.25, 0.3) is 0 Å². The van der Waals surface area contributed by atoms with Crippen LogP contribution in [0.15, 0.2) is 42.5 Å². The zero-order valence-electron chi connectivity index (χ0n) is 12.4. The van der Waals surface area contributed by atoms with Crippen LogP contribution < -0.4 is 10.1 Å². The molecule has 0 spiro atoms. The summed E-state index contributed by atoms with van der Waals surface area (Å²) in [5, 5.41) is 4.07. The minimum atomic E-state index is -0.271. The molecule has 0 radical (unpaired) electrons. The minimum Gasteiger partial charge on any atom is -0.496 e. The number of nitrogens with one attached hydrogen (secondary N) is 1. The molecule has 0 aromatic heterocycles. The molecular formula is C17H19ClFNO. The number of halogens is 2. The molecular weight excluding hydrogens is 289 g/mol. The van der Waals surface area contributed by atoms with E-state index in [1.165, 1.54) is 6.07 Å². The van der Waals surface area contributed by atoms with Crippen molar-refractivity contribution in [2.45, 2.75) is 25.9 Å². The van der Waals surface area contributed by atoms with Gasteiger partial charge in [-0.15, -0.1) is 0 Å². The number of hydrogen-bond donors (Lipinski definition) is 1. The Bertz CT molecular complexity index is 617. The molecule has 21 heavy (non-hydrogen) atoms. The predicted molar refractivity (Wildman–Crippen MR) is 84.4 cm³/mol. The molecule has 0 saturated carbocycles. The Morgan fingerprint density at radius 2 is 1.81 bits per heavy atom. The molecule has 2 aromatic rings. The van der Waals surface area contributed by atoms with E-state index < -0.39 is 0 Å². The van der Waals surface area contributed by atoms with Crippen molar-refractivity contribution in [1.29, 1.82) is 0 Å². The first-order valence-corrected chi connectivity index (χ1v) is 7.24. The van der Waals surface area contributed by atoms with Gasteiger partial charge in [-0.3, -0.25) is 0 Å². The molecule has 2 rings (SSSR count). The highest BCUT2D eigenvalue weighted by molar-refractivity contribution is 6.30. The predicted octanol–water partition coefficient (Wildman–Crippen LogP) is 4.90. The third kappa shape index (κ3) is 3.74. The van der Waals surface area contributed by atoms with Gasteiger partial charge in [-0.25, -0.2) is 4.39 Å². The molecule has 112 valence electrons. The molecule has 0 fully saturated rings. The monoisotopic (exact) mass is 307 g/mol. The molecule has 0 aliphatic carbocycles. The standard InChI is InChI=1S/C17H19ClFNO/c1-11(13-6-4-7-14(18)10-13)20-12(2)17-15(19)8-5-9-16(17)21-3/h4-12,20H,1-3H3/t11-,12?/m0/s1. The SMILES string of the molecule is COc1cccc(F)c1C(C)N[C@@H](C)c1cccc(Cl)c1. The molecule has 1 unspecified atom stereocenters. The summed E-state index contributed by atoms with van der Waals surface area (Å²) in [6.45, 7) is 3.94. The highest BCUT2D eigenvalue weighted by Crippen LogP contribution is 2.29. The first kappa shape index (κ1) is 15.8. The molecule has 2 nitrogen and oxygen atoms in total. The summed E-state index contributed by atoms with van der Waals surface area (Å²) in [5.74, 6) is 0.279. The fourth-order valence-electron chi connectivity index (χ4n) is 2.45. The van der Waals surface area contributed by atoms with Gasteiger partial charge in [-0.2, -0.15) is 0 Å². The number of benzene rings is 2. The van der Waals surface area contributed by atoms with Crippen LogP contribution in [-0.2, 0) is 0 Å². The maximum Gasteiger partial charge on any atom is 0.131 e. The first-order chi connectivity index (χ1) is 10.0. The Kier molecular flexibility index (Phi) is 5.21. The van der Waals surface area contributed by atoms with Crippen LogP contribution >= 0.6 is 11.6 Å². The van der Waals surface area contributed by atoms with E-state index >= 15 is 0 Å². The molecule has 0 saturated heterocycles. The Labute approximate surface area is 129 Å². The lowest BCUT2D eigenvalue weighted by atomic mass is 10.0. The van der Waals surface area contributed by atoms with Gasteiger partial charge in [0.1, 0.15) is 11.6 Å². The van der Waals surface area contributed by atoms with Gasteiger partial charge in [0, 0.05) is 22.7 Å². The van der Waals surface area contributed by atoms with Gasteiger partial charge in [-0.05, 0) is 43.7 Å². The Balaban J connectivity index is 2.20. The molecule has 4 heteroatoms. The second-order valence-corrected chi connectivity index (χ2v) is 5.46. The average molecular weight is 308 g/mol. The quantitative estimate of drug-likeness (QED) is 0.848. The normalized spacial score (nSPS) is 13.8.